The molecule has 2 aromatic rings. The van der Waals surface area contributed by atoms with E-state index < -0.39 is 17.4 Å². The van der Waals surface area contributed by atoms with Gasteiger partial charge >= 0.3 is 5.97 Å². The Morgan fingerprint density at radius 1 is 1.18 bits per heavy atom. The number of ether oxygens (including phenoxy) is 2. The molecule has 1 aliphatic rings. The van der Waals surface area contributed by atoms with Crippen LogP contribution >= 0.6 is 0 Å². The van der Waals surface area contributed by atoms with Crippen molar-refractivity contribution in [2.24, 2.45) is 5.92 Å². The van der Waals surface area contributed by atoms with Crippen molar-refractivity contribution in [2.75, 3.05) is 20.3 Å². The fraction of sp³-hybridized carbons (Fsp3) is 0.480. The first kappa shape index (κ1) is 24.5. The zero-order valence-corrected chi connectivity index (χ0v) is 19.2. The molecule has 1 saturated carbocycles. The Kier molecular flexibility index (Phi) is 8.27. The molecule has 0 radical (unpaired) electrons. The number of rotatable bonds is 10. The lowest BCUT2D eigenvalue weighted by atomic mass is 9.77. The maximum atomic E-state index is 12.9. The molecule has 0 unspecified atom stereocenters. The van der Waals surface area contributed by atoms with Gasteiger partial charge in [0.1, 0.15) is 5.54 Å². The van der Waals surface area contributed by atoms with Crippen LogP contribution in [0.15, 0.2) is 36.5 Å². The van der Waals surface area contributed by atoms with Crippen LogP contribution in [-0.4, -0.2) is 52.9 Å². The lowest BCUT2D eigenvalue weighted by Gasteiger charge is -2.36. The first-order valence-electron chi connectivity index (χ1n) is 11.3. The van der Waals surface area contributed by atoms with Crippen molar-refractivity contribution >= 4 is 11.9 Å². The number of hydrogen-bond acceptors (Lipinski definition) is 6. The van der Waals surface area contributed by atoms with Crippen molar-refractivity contribution in [1.29, 1.82) is 0 Å². The number of carboxylic acids is 1. The van der Waals surface area contributed by atoms with Crippen LogP contribution in [0.5, 0.6) is 11.6 Å². The van der Waals surface area contributed by atoms with Crippen LogP contribution in [0.1, 0.15) is 54.1 Å². The highest BCUT2D eigenvalue weighted by atomic mass is 16.5. The van der Waals surface area contributed by atoms with Crippen molar-refractivity contribution < 1.29 is 29.3 Å². The van der Waals surface area contributed by atoms with E-state index in [0.29, 0.717) is 44.0 Å². The summed E-state index contributed by atoms with van der Waals surface area (Å²) in [6.45, 7) is 2.48. The summed E-state index contributed by atoms with van der Waals surface area (Å²) in [6.07, 6.45) is 4.83. The minimum atomic E-state index is -1.26. The third kappa shape index (κ3) is 6.01. The monoisotopic (exact) mass is 456 g/mol. The smallest absolute Gasteiger partial charge is 0.329 e. The Hall–Kier alpha value is -3.13. The van der Waals surface area contributed by atoms with Crippen molar-refractivity contribution in [3.05, 3.63) is 53.2 Å². The van der Waals surface area contributed by atoms with Gasteiger partial charge in [0.15, 0.2) is 5.75 Å². The molecule has 178 valence electrons. The Balaban J connectivity index is 1.71. The van der Waals surface area contributed by atoms with Gasteiger partial charge in [0.2, 0.25) is 0 Å². The lowest BCUT2D eigenvalue weighted by molar-refractivity contribution is -0.146. The average molecular weight is 457 g/mol. The summed E-state index contributed by atoms with van der Waals surface area (Å²) in [6, 6.07) is 9.36. The molecule has 3 N–H and O–H groups in total. The van der Waals surface area contributed by atoms with Gasteiger partial charge in [0.05, 0.1) is 19.3 Å². The molecule has 1 heterocycles. The van der Waals surface area contributed by atoms with Crippen molar-refractivity contribution in [2.45, 2.75) is 51.0 Å². The van der Waals surface area contributed by atoms with Crippen molar-refractivity contribution in [3.8, 4) is 11.6 Å². The molecule has 0 spiro atoms. The van der Waals surface area contributed by atoms with Crippen molar-refractivity contribution in [3.63, 3.8) is 0 Å². The maximum absolute atomic E-state index is 12.9. The first-order chi connectivity index (χ1) is 15.9. The Bertz CT molecular complexity index is 969. The van der Waals surface area contributed by atoms with Crippen LogP contribution < -0.4 is 14.8 Å². The number of aliphatic carboxylic acids is 1. The highest BCUT2D eigenvalue weighted by Gasteiger charge is 2.42. The number of benzene rings is 1. The van der Waals surface area contributed by atoms with E-state index in [1.165, 1.54) is 19.4 Å². The molecule has 1 aromatic carbocycles. The largest absolute Gasteiger partial charge is 0.488 e. The molecule has 33 heavy (non-hydrogen) atoms. The molecule has 8 nitrogen and oxygen atoms in total. The number of nitrogens with one attached hydrogen (secondary N) is 1. The van der Waals surface area contributed by atoms with E-state index in [2.05, 4.69) is 17.2 Å². The normalized spacial score (nSPS) is 20.2. The van der Waals surface area contributed by atoms with Gasteiger partial charge in [-0.15, -0.1) is 0 Å². The second-order valence-corrected chi connectivity index (χ2v) is 8.60. The Morgan fingerprint density at radius 2 is 1.85 bits per heavy atom. The third-order valence-corrected chi connectivity index (χ3v) is 6.29. The van der Waals surface area contributed by atoms with Gasteiger partial charge in [0, 0.05) is 25.3 Å². The van der Waals surface area contributed by atoms with Gasteiger partial charge in [-0.25, -0.2) is 9.78 Å². The van der Waals surface area contributed by atoms with Crippen LogP contribution in [0.4, 0.5) is 0 Å². The van der Waals surface area contributed by atoms with E-state index in [-0.39, 0.29) is 18.1 Å². The van der Waals surface area contributed by atoms with E-state index >= 15 is 0 Å². The molecule has 1 fully saturated rings. The number of aliphatic hydroxyl groups is 1. The average Bonchev–Trinajstić information content (AvgIpc) is 2.81. The number of methoxy groups -OCH3 is 1. The number of amides is 1. The van der Waals surface area contributed by atoms with E-state index in [1.807, 2.05) is 24.3 Å². The predicted molar refractivity (Wildman–Crippen MR) is 123 cm³/mol. The van der Waals surface area contributed by atoms with E-state index in [0.717, 1.165) is 24.0 Å². The summed E-state index contributed by atoms with van der Waals surface area (Å²) in [5.41, 5.74) is 1.08. The molecule has 0 bridgehead atoms. The number of carbonyl (C=O) groups is 2. The number of nitrogens with zero attached hydrogens (tertiary/aromatic N) is 1. The topological polar surface area (TPSA) is 118 Å². The summed E-state index contributed by atoms with van der Waals surface area (Å²) in [4.78, 5) is 29.1. The molecule has 0 saturated heterocycles. The van der Waals surface area contributed by atoms with Crippen LogP contribution in [0, 0.1) is 5.92 Å². The number of carbonyl (C=O) groups excluding carboxylic acids is 1. The lowest BCUT2D eigenvalue weighted by Crippen LogP contribution is -2.56. The van der Waals surface area contributed by atoms with Crippen molar-refractivity contribution in [1.82, 2.24) is 10.3 Å². The summed E-state index contributed by atoms with van der Waals surface area (Å²) in [5, 5.41) is 21.8. The number of carboxylic acid groups (broad SMARTS) is 1. The Morgan fingerprint density at radius 3 is 2.45 bits per heavy atom. The molecular weight excluding hydrogens is 424 g/mol. The quantitative estimate of drug-likeness (QED) is 0.503. The maximum Gasteiger partial charge on any atom is 0.329 e. The molecular formula is C25H32N2O6. The number of hydrogen-bond donors (Lipinski definition) is 3. The molecule has 1 amide bonds. The summed E-state index contributed by atoms with van der Waals surface area (Å²) >= 11 is 0. The fourth-order valence-electron chi connectivity index (χ4n) is 4.19. The highest BCUT2D eigenvalue weighted by Crippen LogP contribution is 2.33. The molecule has 0 atom stereocenters. The SMILES string of the molecule is COc1ncc(C(=O)NC2(C(=O)O)CCC(C)CC2)cc1OCCc1ccccc1CCO. The standard InChI is InChI=1S/C25H32N2O6/c1-17-7-11-25(12-8-17,24(30)31)27-22(29)20-15-21(23(32-2)26-16-20)33-14-10-19-6-4-3-5-18(19)9-13-28/h3-6,15-17,28H,7-14H2,1-2H3,(H,27,29)(H,30,31). The minimum absolute atomic E-state index is 0.0729. The summed E-state index contributed by atoms with van der Waals surface area (Å²) in [7, 11) is 1.47. The van der Waals surface area contributed by atoms with Gasteiger partial charge in [0.25, 0.3) is 11.8 Å². The zero-order chi connectivity index (χ0) is 23.8. The number of aliphatic hydroxyl groups excluding tert-OH is 1. The number of pyridine rings is 1. The molecule has 8 heteroatoms. The van der Waals surface area contributed by atoms with Gasteiger partial charge in [-0.1, -0.05) is 31.2 Å². The molecule has 1 aromatic heterocycles. The summed E-state index contributed by atoms with van der Waals surface area (Å²) < 4.78 is 11.2. The molecule has 0 aliphatic heterocycles. The molecule has 1 aliphatic carbocycles. The zero-order valence-electron chi connectivity index (χ0n) is 19.2. The minimum Gasteiger partial charge on any atom is -0.488 e. The van der Waals surface area contributed by atoms with Crippen LogP contribution in [0.3, 0.4) is 0 Å². The van der Waals surface area contributed by atoms with Crippen LogP contribution in [0.2, 0.25) is 0 Å². The third-order valence-electron chi connectivity index (χ3n) is 6.29. The Labute approximate surface area is 193 Å². The first-order valence-corrected chi connectivity index (χ1v) is 11.3. The van der Waals surface area contributed by atoms with E-state index in [1.54, 1.807) is 0 Å². The van der Waals surface area contributed by atoms with Crippen LogP contribution in [0.25, 0.3) is 0 Å². The van der Waals surface area contributed by atoms with Gasteiger partial charge in [-0.05, 0) is 49.1 Å². The van der Waals surface area contributed by atoms with Gasteiger partial charge < -0.3 is 25.0 Å². The van der Waals surface area contributed by atoms with E-state index in [4.69, 9.17) is 9.47 Å². The summed E-state index contributed by atoms with van der Waals surface area (Å²) in [5.74, 6) is -0.511. The van der Waals surface area contributed by atoms with E-state index in [9.17, 15) is 19.8 Å². The van der Waals surface area contributed by atoms with Gasteiger partial charge in [-0.2, -0.15) is 0 Å². The fourth-order valence-corrected chi connectivity index (χ4v) is 4.19. The predicted octanol–water partition coefficient (Wildman–Crippen LogP) is 3.01. The second-order valence-electron chi connectivity index (χ2n) is 8.60. The molecule has 3 rings (SSSR count). The van der Waals surface area contributed by atoms with Crippen LogP contribution in [-0.2, 0) is 17.6 Å². The highest BCUT2D eigenvalue weighted by molar-refractivity contribution is 5.98. The van der Waals surface area contributed by atoms with Gasteiger partial charge in [-0.3, -0.25) is 4.79 Å². The number of aromatic nitrogens is 1. The second kappa shape index (κ2) is 11.1.